The first-order valence-corrected chi connectivity index (χ1v) is 39.1. The van der Waals surface area contributed by atoms with Gasteiger partial charge in [-0.25, -0.2) is 0 Å². The summed E-state index contributed by atoms with van der Waals surface area (Å²) >= 11 is 0. The van der Waals surface area contributed by atoms with Crippen LogP contribution >= 0.6 is 0 Å². The van der Waals surface area contributed by atoms with Crippen molar-refractivity contribution in [3.05, 3.63) is 0 Å². The Morgan fingerprint density at radius 1 is 0.108 bits per heavy atom. The summed E-state index contributed by atoms with van der Waals surface area (Å²) in [5.41, 5.74) is 0. The van der Waals surface area contributed by atoms with Gasteiger partial charge in [0.05, 0.1) is 0 Å². The maximum Gasteiger partial charge on any atom is 0.0431 e. The first-order chi connectivity index (χ1) is 41.1. The lowest BCUT2D eigenvalue weighted by Gasteiger charge is -2.03. The molecule has 0 fully saturated rings. The zero-order valence-corrected chi connectivity index (χ0v) is 58.9. The molecular formula is C78H166O5. The summed E-state index contributed by atoms with van der Waals surface area (Å²) in [6, 6.07) is 0. The fraction of sp³-hybridized carbons (Fsp3) is 1.00. The SMILES string of the molecule is CCCCCCCCCCCCCCCCCCCCCCO.CCCCCCCCCCCCCCCCCCCCO.CCCCCCCCCCCCCCCCCCO.CCCCCCCCCCCCCCCCO.CCO. The van der Waals surface area contributed by atoms with Crippen molar-refractivity contribution in [2.75, 3.05) is 33.0 Å². The van der Waals surface area contributed by atoms with Gasteiger partial charge in [-0.1, -0.05) is 439 Å². The quantitative estimate of drug-likeness (QED) is 0.0391. The molecule has 0 rings (SSSR count). The molecule has 0 bridgehead atoms. The molecule has 0 aliphatic carbocycles. The molecular weight excluding hydrogens is 1020 g/mol. The number of hydrogen-bond donors (Lipinski definition) is 5. The Morgan fingerprint density at radius 2 is 0.169 bits per heavy atom. The van der Waals surface area contributed by atoms with Crippen molar-refractivity contribution in [2.45, 2.75) is 471 Å². The van der Waals surface area contributed by atoms with Crippen molar-refractivity contribution in [3.63, 3.8) is 0 Å². The first kappa shape index (κ1) is 91.5. The average molecular weight is 1180 g/mol. The lowest BCUT2D eigenvalue weighted by Crippen LogP contribution is -1.85. The fourth-order valence-electron chi connectivity index (χ4n) is 11.3. The number of aliphatic hydroxyl groups excluding tert-OH is 5. The van der Waals surface area contributed by atoms with Gasteiger partial charge in [0.15, 0.2) is 0 Å². The Labute approximate surface area is 527 Å². The summed E-state index contributed by atoms with van der Waals surface area (Å²) in [4.78, 5) is 0. The third-order valence-corrected chi connectivity index (χ3v) is 17.0. The van der Waals surface area contributed by atoms with Gasteiger partial charge in [0.2, 0.25) is 0 Å². The van der Waals surface area contributed by atoms with E-state index in [0.29, 0.717) is 26.4 Å². The van der Waals surface area contributed by atoms with E-state index in [9.17, 15) is 0 Å². The van der Waals surface area contributed by atoms with Crippen LogP contribution in [0.1, 0.15) is 471 Å². The van der Waals surface area contributed by atoms with Crippen molar-refractivity contribution in [1.82, 2.24) is 0 Å². The van der Waals surface area contributed by atoms with Crippen molar-refractivity contribution in [2.24, 2.45) is 0 Å². The van der Waals surface area contributed by atoms with Gasteiger partial charge < -0.3 is 25.5 Å². The van der Waals surface area contributed by atoms with Crippen molar-refractivity contribution >= 4 is 0 Å². The molecule has 0 atom stereocenters. The summed E-state index contributed by atoms with van der Waals surface area (Å²) in [5, 5.41) is 42.3. The molecule has 0 aromatic rings. The van der Waals surface area contributed by atoms with Crippen LogP contribution in [-0.2, 0) is 0 Å². The number of hydrogen-bond acceptors (Lipinski definition) is 5. The summed E-state index contributed by atoms with van der Waals surface area (Å²) in [5.74, 6) is 0. The van der Waals surface area contributed by atoms with Crippen LogP contribution in [0.25, 0.3) is 0 Å². The summed E-state index contributed by atoms with van der Waals surface area (Å²) in [7, 11) is 0. The molecule has 0 saturated heterocycles. The maximum atomic E-state index is 8.71. The normalized spacial score (nSPS) is 10.9. The zero-order chi connectivity index (χ0) is 61.6. The fourth-order valence-corrected chi connectivity index (χ4v) is 11.3. The minimum atomic E-state index is 0.250. The lowest BCUT2D eigenvalue weighted by atomic mass is 10.0. The van der Waals surface area contributed by atoms with Crippen molar-refractivity contribution < 1.29 is 25.5 Å². The monoisotopic (exact) mass is 1180 g/mol. The maximum absolute atomic E-state index is 8.71. The Balaban J connectivity index is -0.000000322. The molecule has 83 heavy (non-hydrogen) atoms. The van der Waals surface area contributed by atoms with Gasteiger partial charge in [0, 0.05) is 33.0 Å². The molecule has 0 aliphatic rings. The van der Waals surface area contributed by atoms with E-state index in [2.05, 4.69) is 27.7 Å². The van der Waals surface area contributed by atoms with E-state index < -0.39 is 0 Å². The highest BCUT2D eigenvalue weighted by molar-refractivity contribution is 4.55. The molecule has 0 aromatic carbocycles. The molecule has 0 heterocycles. The van der Waals surface area contributed by atoms with Crippen LogP contribution in [0, 0.1) is 0 Å². The second-order valence-corrected chi connectivity index (χ2v) is 25.8. The Bertz CT molecular complexity index is 863. The standard InChI is InChI=1S/C22H46O.C20H42O.C18H38O.C16H34O.C2H6O/c1-2-3-4-5-6-7-8-9-10-11-12-13-14-15-16-17-18-19-20-21-22-23;1-2-3-4-5-6-7-8-9-10-11-12-13-14-15-16-17-18-19-20-21;1-2-3-4-5-6-7-8-9-10-11-12-13-14-15-16-17-18-19;1-2-3-4-5-6-7-8-9-10-11-12-13-14-15-16-17;1-2-3/h23H,2-22H2,1H3;21H,2-20H2,1H3;19H,2-18H2,1H3;17H,2-16H2,1H3;3H,2H2,1H3. The minimum Gasteiger partial charge on any atom is -0.397 e. The van der Waals surface area contributed by atoms with E-state index in [0.717, 1.165) is 25.7 Å². The molecule has 5 nitrogen and oxygen atoms in total. The number of rotatable bonds is 68. The predicted octanol–water partition coefficient (Wildman–Crippen LogP) is 26.5. The van der Waals surface area contributed by atoms with Crippen LogP contribution in [0.15, 0.2) is 0 Å². The highest BCUT2D eigenvalue weighted by atomic mass is 16.3. The van der Waals surface area contributed by atoms with Gasteiger partial charge in [0.1, 0.15) is 0 Å². The number of aliphatic hydroxyl groups is 5. The van der Waals surface area contributed by atoms with Gasteiger partial charge in [-0.3, -0.25) is 0 Å². The van der Waals surface area contributed by atoms with Crippen molar-refractivity contribution in [1.29, 1.82) is 0 Å². The number of unbranched alkanes of at least 4 members (excludes halogenated alkanes) is 64. The van der Waals surface area contributed by atoms with Crippen LogP contribution in [0.5, 0.6) is 0 Å². The van der Waals surface area contributed by atoms with Gasteiger partial charge in [-0.2, -0.15) is 0 Å². The Kier molecular flexibility index (Phi) is 111. The van der Waals surface area contributed by atoms with Gasteiger partial charge in [0.25, 0.3) is 0 Å². The molecule has 0 amide bonds. The molecule has 5 heteroatoms. The third-order valence-electron chi connectivity index (χ3n) is 17.0. The molecule has 0 aliphatic heterocycles. The summed E-state index contributed by atoms with van der Waals surface area (Å²) < 4.78 is 0. The van der Waals surface area contributed by atoms with Crippen LogP contribution in [0.2, 0.25) is 0 Å². The molecule has 0 unspecified atom stereocenters. The molecule has 0 radical (unpaired) electrons. The largest absolute Gasteiger partial charge is 0.397 e. The van der Waals surface area contributed by atoms with Crippen LogP contribution < -0.4 is 0 Å². The second-order valence-electron chi connectivity index (χ2n) is 25.8. The van der Waals surface area contributed by atoms with Crippen LogP contribution in [0.3, 0.4) is 0 Å². The summed E-state index contributed by atoms with van der Waals surface area (Å²) in [6.07, 6.45) is 94.6. The van der Waals surface area contributed by atoms with E-state index >= 15 is 0 Å². The molecule has 0 spiro atoms. The highest BCUT2D eigenvalue weighted by Gasteiger charge is 1.99. The average Bonchev–Trinajstić information content (AvgIpc) is 3.49. The van der Waals surface area contributed by atoms with Gasteiger partial charge in [-0.15, -0.1) is 0 Å². The smallest absolute Gasteiger partial charge is 0.0431 e. The third kappa shape index (κ3) is 113. The van der Waals surface area contributed by atoms with Crippen LogP contribution in [0.4, 0.5) is 0 Å². The second kappa shape index (κ2) is 101. The van der Waals surface area contributed by atoms with Gasteiger partial charge in [-0.05, 0) is 32.6 Å². The summed E-state index contributed by atoms with van der Waals surface area (Å²) in [6.45, 7) is 12.6. The van der Waals surface area contributed by atoms with E-state index in [1.54, 1.807) is 6.92 Å². The molecule has 0 aromatic heterocycles. The van der Waals surface area contributed by atoms with E-state index in [1.165, 1.54) is 411 Å². The molecule has 5 N–H and O–H groups in total. The van der Waals surface area contributed by atoms with Crippen molar-refractivity contribution in [3.8, 4) is 0 Å². The highest BCUT2D eigenvalue weighted by Crippen LogP contribution is 2.19. The van der Waals surface area contributed by atoms with Gasteiger partial charge >= 0.3 is 0 Å². The van der Waals surface area contributed by atoms with E-state index in [1.807, 2.05) is 0 Å². The lowest BCUT2D eigenvalue weighted by molar-refractivity contribution is 0.282. The van der Waals surface area contributed by atoms with Crippen LogP contribution in [-0.4, -0.2) is 58.6 Å². The van der Waals surface area contributed by atoms with E-state index in [4.69, 9.17) is 25.5 Å². The zero-order valence-electron chi connectivity index (χ0n) is 58.9. The first-order valence-electron chi connectivity index (χ1n) is 39.1. The Hall–Kier alpha value is -0.200. The Morgan fingerprint density at radius 3 is 0.229 bits per heavy atom. The molecule has 508 valence electrons. The van der Waals surface area contributed by atoms with E-state index in [-0.39, 0.29) is 6.61 Å². The predicted molar refractivity (Wildman–Crippen MR) is 378 cm³/mol. The minimum absolute atomic E-state index is 0.250. The topological polar surface area (TPSA) is 101 Å². The molecule has 0 saturated carbocycles.